The molecule has 1 unspecified atom stereocenters. The molecule has 4 heteroatoms. The van der Waals surface area contributed by atoms with Crippen LogP contribution in [0.2, 0.25) is 0 Å². The quantitative estimate of drug-likeness (QED) is 0.860. The summed E-state index contributed by atoms with van der Waals surface area (Å²) in [4.78, 5) is 12.1. The van der Waals surface area contributed by atoms with E-state index in [1.54, 1.807) is 7.11 Å². The van der Waals surface area contributed by atoms with Gasteiger partial charge in [-0.1, -0.05) is 37.3 Å². The van der Waals surface area contributed by atoms with Gasteiger partial charge in [0.1, 0.15) is 0 Å². The van der Waals surface area contributed by atoms with Gasteiger partial charge in [-0.2, -0.15) is 0 Å². The van der Waals surface area contributed by atoms with Gasteiger partial charge in [0, 0.05) is 19.1 Å². The molecule has 0 aromatic heterocycles. The van der Waals surface area contributed by atoms with E-state index in [4.69, 9.17) is 9.47 Å². The van der Waals surface area contributed by atoms with Gasteiger partial charge in [0.05, 0.1) is 13.2 Å². The van der Waals surface area contributed by atoms with E-state index in [-0.39, 0.29) is 11.3 Å². The van der Waals surface area contributed by atoms with Crippen molar-refractivity contribution in [2.75, 3.05) is 26.9 Å². The number of benzene rings is 1. The molecule has 1 aliphatic rings. The van der Waals surface area contributed by atoms with Crippen molar-refractivity contribution in [2.24, 2.45) is 5.41 Å². The third kappa shape index (κ3) is 2.89. The van der Waals surface area contributed by atoms with Crippen molar-refractivity contribution in [1.82, 2.24) is 5.32 Å². The summed E-state index contributed by atoms with van der Waals surface area (Å²) in [6, 6.07) is 9.50. The van der Waals surface area contributed by atoms with Crippen LogP contribution < -0.4 is 5.32 Å². The molecule has 0 bridgehead atoms. The number of carbonyl (C=O) groups is 1. The van der Waals surface area contributed by atoms with Crippen LogP contribution in [0.1, 0.15) is 18.6 Å². The monoisotopic (exact) mass is 249 g/mol. The Morgan fingerprint density at radius 2 is 2.11 bits per heavy atom. The van der Waals surface area contributed by atoms with E-state index >= 15 is 0 Å². The summed E-state index contributed by atoms with van der Waals surface area (Å²) in [5.41, 5.74) is 0.942. The molecule has 18 heavy (non-hydrogen) atoms. The average molecular weight is 249 g/mol. The molecule has 1 N–H and O–H groups in total. The molecule has 98 valence electrons. The van der Waals surface area contributed by atoms with Gasteiger partial charge >= 0.3 is 0 Å². The lowest BCUT2D eigenvalue weighted by Gasteiger charge is -2.38. The van der Waals surface area contributed by atoms with Gasteiger partial charge in [-0.05, 0) is 5.56 Å². The van der Waals surface area contributed by atoms with Crippen molar-refractivity contribution in [1.29, 1.82) is 0 Å². The number of amides is 1. The van der Waals surface area contributed by atoms with Crippen LogP contribution in [0.5, 0.6) is 0 Å². The maximum atomic E-state index is 12.1. The zero-order chi connectivity index (χ0) is 13.0. The fraction of sp³-hybridized carbons (Fsp3) is 0.500. The highest BCUT2D eigenvalue weighted by Crippen LogP contribution is 2.25. The first-order valence-electron chi connectivity index (χ1n) is 6.08. The van der Waals surface area contributed by atoms with E-state index in [9.17, 15) is 4.79 Å². The predicted molar refractivity (Wildman–Crippen MR) is 68.1 cm³/mol. The zero-order valence-electron chi connectivity index (χ0n) is 10.8. The predicted octanol–water partition coefficient (Wildman–Crippen LogP) is 1.53. The summed E-state index contributed by atoms with van der Waals surface area (Å²) in [6.07, 6.45) is -0.546. The van der Waals surface area contributed by atoms with Gasteiger partial charge in [0.15, 0.2) is 6.10 Å². The Bertz CT molecular complexity index is 401. The van der Waals surface area contributed by atoms with Crippen molar-refractivity contribution in [3.63, 3.8) is 0 Å². The summed E-state index contributed by atoms with van der Waals surface area (Å²) in [5, 5.41) is 2.93. The largest absolute Gasteiger partial charge is 0.380 e. The molecule has 1 aliphatic heterocycles. The lowest BCUT2D eigenvalue weighted by molar-refractivity contribution is -0.136. The Labute approximate surface area is 107 Å². The number of carbonyl (C=O) groups excluding carboxylic acids is 1. The molecule has 1 aromatic carbocycles. The summed E-state index contributed by atoms with van der Waals surface area (Å²) < 4.78 is 10.4. The summed E-state index contributed by atoms with van der Waals surface area (Å²) in [6.45, 7) is 4.13. The Kier molecular flexibility index (Phi) is 3.99. The molecule has 0 saturated carbocycles. The number of rotatable bonds is 5. The fourth-order valence-electron chi connectivity index (χ4n) is 1.97. The molecule has 0 aliphatic carbocycles. The second-order valence-corrected chi connectivity index (χ2v) is 5.05. The highest BCUT2D eigenvalue weighted by atomic mass is 16.5. The van der Waals surface area contributed by atoms with E-state index in [0.717, 1.165) is 5.56 Å². The van der Waals surface area contributed by atoms with E-state index in [2.05, 4.69) is 12.2 Å². The van der Waals surface area contributed by atoms with Gasteiger partial charge in [-0.25, -0.2) is 0 Å². The summed E-state index contributed by atoms with van der Waals surface area (Å²) >= 11 is 0. The van der Waals surface area contributed by atoms with Crippen molar-refractivity contribution in [3.05, 3.63) is 35.9 Å². The molecular formula is C14H19NO3. The second kappa shape index (κ2) is 5.50. The van der Waals surface area contributed by atoms with Gasteiger partial charge < -0.3 is 14.8 Å². The van der Waals surface area contributed by atoms with Crippen molar-refractivity contribution in [3.8, 4) is 0 Å². The lowest BCUT2D eigenvalue weighted by Crippen LogP contribution is -2.49. The molecule has 1 saturated heterocycles. The minimum absolute atomic E-state index is 0.0740. The molecule has 1 amide bonds. The first-order chi connectivity index (χ1) is 8.64. The summed E-state index contributed by atoms with van der Waals surface area (Å²) in [7, 11) is 1.55. The van der Waals surface area contributed by atoms with Crippen LogP contribution in [0.15, 0.2) is 30.3 Å². The molecule has 4 nitrogen and oxygen atoms in total. The van der Waals surface area contributed by atoms with Crippen LogP contribution in [-0.2, 0) is 14.3 Å². The normalized spacial score (nSPS) is 18.8. The van der Waals surface area contributed by atoms with Gasteiger partial charge in [0.25, 0.3) is 5.91 Å². The number of hydrogen-bond acceptors (Lipinski definition) is 3. The minimum atomic E-state index is -0.546. The molecule has 0 radical (unpaired) electrons. The first kappa shape index (κ1) is 13.1. The first-order valence-corrected chi connectivity index (χ1v) is 6.08. The van der Waals surface area contributed by atoms with Crippen LogP contribution in [0.4, 0.5) is 0 Å². The van der Waals surface area contributed by atoms with E-state index in [1.165, 1.54) is 0 Å². The summed E-state index contributed by atoms with van der Waals surface area (Å²) in [5.74, 6) is -0.100. The van der Waals surface area contributed by atoms with Crippen molar-refractivity contribution >= 4 is 5.91 Å². The molecule has 0 spiro atoms. The molecule has 1 heterocycles. The third-order valence-electron chi connectivity index (χ3n) is 3.17. The smallest absolute Gasteiger partial charge is 0.253 e. The van der Waals surface area contributed by atoms with Crippen molar-refractivity contribution in [2.45, 2.75) is 13.0 Å². The van der Waals surface area contributed by atoms with E-state index in [0.29, 0.717) is 19.8 Å². The van der Waals surface area contributed by atoms with E-state index in [1.807, 2.05) is 30.3 Å². The van der Waals surface area contributed by atoms with Gasteiger partial charge in [0.2, 0.25) is 0 Å². The standard InChI is InChI=1S/C14H19NO3/c1-14(9-18-10-14)8-15-13(16)12(17-2)11-6-4-3-5-7-11/h3-7,12H,8-10H2,1-2H3,(H,15,16). The molecular weight excluding hydrogens is 230 g/mol. The zero-order valence-corrected chi connectivity index (χ0v) is 10.8. The highest BCUT2D eigenvalue weighted by Gasteiger charge is 2.34. The Morgan fingerprint density at radius 1 is 1.44 bits per heavy atom. The topological polar surface area (TPSA) is 47.6 Å². The Morgan fingerprint density at radius 3 is 2.61 bits per heavy atom. The molecule has 2 rings (SSSR count). The van der Waals surface area contributed by atoms with Crippen LogP contribution in [0.3, 0.4) is 0 Å². The van der Waals surface area contributed by atoms with Crippen LogP contribution in [0, 0.1) is 5.41 Å². The maximum Gasteiger partial charge on any atom is 0.253 e. The minimum Gasteiger partial charge on any atom is -0.380 e. The lowest BCUT2D eigenvalue weighted by atomic mass is 9.88. The van der Waals surface area contributed by atoms with Crippen molar-refractivity contribution < 1.29 is 14.3 Å². The van der Waals surface area contributed by atoms with Crippen LogP contribution in [0.25, 0.3) is 0 Å². The third-order valence-corrected chi connectivity index (χ3v) is 3.17. The van der Waals surface area contributed by atoms with Gasteiger partial charge in [-0.15, -0.1) is 0 Å². The number of hydrogen-bond donors (Lipinski definition) is 1. The highest BCUT2D eigenvalue weighted by molar-refractivity contribution is 5.82. The SMILES string of the molecule is COC(C(=O)NCC1(C)COC1)c1ccccc1. The maximum absolute atomic E-state index is 12.1. The average Bonchev–Trinajstić information content (AvgIpc) is 2.36. The molecule has 1 aromatic rings. The van der Waals surface area contributed by atoms with E-state index < -0.39 is 6.10 Å². The second-order valence-electron chi connectivity index (χ2n) is 5.05. The van der Waals surface area contributed by atoms with Gasteiger partial charge in [-0.3, -0.25) is 4.79 Å². The number of nitrogens with one attached hydrogen (secondary N) is 1. The molecule has 1 atom stereocenters. The molecule has 1 fully saturated rings. The Balaban J connectivity index is 1.94. The van der Waals surface area contributed by atoms with Crippen LogP contribution >= 0.6 is 0 Å². The fourth-order valence-corrected chi connectivity index (χ4v) is 1.97. The Hall–Kier alpha value is -1.39. The number of ether oxygens (including phenoxy) is 2. The van der Waals surface area contributed by atoms with Crippen LogP contribution in [-0.4, -0.2) is 32.8 Å². The number of methoxy groups -OCH3 is 1.